The normalized spacial score (nSPS) is 11.0. The van der Waals surface area contributed by atoms with E-state index < -0.39 is 17.7 Å². The number of aromatic amines is 1. The Kier molecular flexibility index (Phi) is 4.38. The van der Waals surface area contributed by atoms with Gasteiger partial charge in [-0.1, -0.05) is 12.1 Å². The summed E-state index contributed by atoms with van der Waals surface area (Å²) in [4.78, 5) is 13.2. The Morgan fingerprint density at radius 2 is 1.72 bits per heavy atom. The van der Waals surface area contributed by atoms with E-state index in [0.29, 0.717) is 33.3 Å². The SMILES string of the molecule is Cc1cc(N(C(N)=O)c2ccc(-c3cccc4[nH]nc(N)c34)c(F)c2)ccc1F. The second kappa shape index (κ2) is 6.90. The Bertz CT molecular complexity index is 1250. The quantitative estimate of drug-likeness (QED) is 0.473. The Labute approximate surface area is 164 Å². The van der Waals surface area contributed by atoms with Crippen LogP contribution in [0.4, 0.5) is 30.8 Å². The smallest absolute Gasteiger partial charge is 0.323 e. The molecule has 1 aromatic heterocycles. The average Bonchev–Trinajstić information content (AvgIpc) is 3.06. The first-order chi connectivity index (χ1) is 13.9. The summed E-state index contributed by atoms with van der Waals surface area (Å²) in [5.74, 6) is -0.717. The predicted molar refractivity (Wildman–Crippen MR) is 109 cm³/mol. The molecule has 0 bridgehead atoms. The molecule has 0 unspecified atom stereocenters. The van der Waals surface area contributed by atoms with Crippen molar-refractivity contribution in [2.75, 3.05) is 10.6 Å². The standard InChI is InChI=1S/C21H17F2N5O/c1-11-9-12(6-8-16(11)22)28(21(25)29)13-5-7-14(17(23)10-13)15-3-2-4-18-19(15)20(24)27-26-18/h2-10H,1H3,(H2,25,29)(H3,24,26,27). The van der Waals surface area contributed by atoms with E-state index in [1.165, 1.54) is 30.3 Å². The molecule has 0 aliphatic rings. The van der Waals surface area contributed by atoms with Gasteiger partial charge < -0.3 is 11.5 Å². The monoisotopic (exact) mass is 393 g/mol. The molecule has 29 heavy (non-hydrogen) atoms. The molecule has 0 radical (unpaired) electrons. The summed E-state index contributed by atoms with van der Waals surface area (Å²) < 4.78 is 28.7. The van der Waals surface area contributed by atoms with Gasteiger partial charge in [0.05, 0.1) is 22.3 Å². The first kappa shape index (κ1) is 18.4. The van der Waals surface area contributed by atoms with Crippen LogP contribution in [0.25, 0.3) is 22.0 Å². The van der Waals surface area contributed by atoms with E-state index in [-0.39, 0.29) is 11.5 Å². The van der Waals surface area contributed by atoms with E-state index in [0.717, 1.165) is 4.90 Å². The van der Waals surface area contributed by atoms with Gasteiger partial charge in [0.25, 0.3) is 0 Å². The van der Waals surface area contributed by atoms with Gasteiger partial charge in [-0.05, 0) is 60.5 Å². The number of carbonyl (C=O) groups excluding carboxylic acids is 1. The van der Waals surface area contributed by atoms with E-state index >= 15 is 4.39 Å². The van der Waals surface area contributed by atoms with Gasteiger partial charge in [0.1, 0.15) is 11.6 Å². The predicted octanol–water partition coefficient (Wildman–Crippen LogP) is 4.62. The zero-order valence-electron chi connectivity index (χ0n) is 15.4. The zero-order chi connectivity index (χ0) is 20.7. The van der Waals surface area contributed by atoms with Crippen LogP contribution in [-0.4, -0.2) is 16.2 Å². The highest BCUT2D eigenvalue weighted by atomic mass is 19.1. The number of hydrogen-bond donors (Lipinski definition) is 3. The Morgan fingerprint density at radius 1 is 1.00 bits per heavy atom. The fourth-order valence-electron chi connectivity index (χ4n) is 3.36. The van der Waals surface area contributed by atoms with Crippen molar-refractivity contribution in [1.82, 2.24) is 10.2 Å². The Balaban J connectivity index is 1.82. The summed E-state index contributed by atoms with van der Waals surface area (Å²) in [6.45, 7) is 1.57. The van der Waals surface area contributed by atoms with Crippen LogP contribution in [0.15, 0.2) is 54.6 Å². The molecular formula is C21H17F2N5O. The van der Waals surface area contributed by atoms with Crippen molar-refractivity contribution in [3.05, 3.63) is 71.8 Å². The number of primary amides is 1. The van der Waals surface area contributed by atoms with E-state index in [9.17, 15) is 9.18 Å². The van der Waals surface area contributed by atoms with Crippen molar-refractivity contribution in [1.29, 1.82) is 0 Å². The molecule has 1 heterocycles. The third-order valence-corrected chi connectivity index (χ3v) is 4.74. The summed E-state index contributed by atoms with van der Waals surface area (Å²) in [6, 6.07) is 12.9. The summed E-state index contributed by atoms with van der Waals surface area (Å²) in [7, 11) is 0. The van der Waals surface area contributed by atoms with Gasteiger partial charge in [-0.2, -0.15) is 5.10 Å². The van der Waals surface area contributed by atoms with Crippen LogP contribution >= 0.6 is 0 Å². The number of hydrogen-bond acceptors (Lipinski definition) is 3. The second-order valence-electron chi connectivity index (χ2n) is 6.61. The van der Waals surface area contributed by atoms with E-state index in [1.54, 1.807) is 31.2 Å². The number of anilines is 3. The number of amides is 2. The fourth-order valence-corrected chi connectivity index (χ4v) is 3.36. The van der Waals surface area contributed by atoms with Crippen LogP contribution in [0.5, 0.6) is 0 Å². The number of carbonyl (C=O) groups is 1. The lowest BCUT2D eigenvalue weighted by atomic mass is 10.00. The number of halogens is 2. The number of H-pyrrole nitrogens is 1. The van der Waals surface area contributed by atoms with E-state index in [2.05, 4.69) is 10.2 Å². The van der Waals surface area contributed by atoms with Gasteiger partial charge in [0.15, 0.2) is 5.82 Å². The van der Waals surface area contributed by atoms with Crippen molar-refractivity contribution in [2.45, 2.75) is 6.92 Å². The minimum absolute atomic E-state index is 0.220. The number of aryl methyl sites for hydroxylation is 1. The lowest BCUT2D eigenvalue weighted by Crippen LogP contribution is -2.31. The lowest BCUT2D eigenvalue weighted by Gasteiger charge is -2.22. The molecular weight excluding hydrogens is 376 g/mol. The second-order valence-corrected chi connectivity index (χ2v) is 6.61. The van der Waals surface area contributed by atoms with Crippen molar-refractivity contribution in [2.24, 2.45) is 5.73 Å². The largest absolute Gasteiger partial charge is 0.382 e. The molecule has 8 heteroatoms. The number of nitrogen functional groups attached to an aromatic ring is 1. The van der Waals surface area contributed by atoms with Gasteiger partial charge in [-0.25, -0.2) is 13.6 Å². The fraction of sp³-hybridized carbons (Fsp3) is 0.0476. The van der Waals surface area contributed by atoms with Crippen LogP contribution < -0.4 is 16.4 Å². The first-order valence-corrected chi connectivity index (χ1v) is 8.75. The van der Waals surface area contributed by atoms with Gasteiger partial charge in [-0.3, -0.25) is 10.00 Å². The zero-order valence-corrected chi connectivity index (χ0v) is 15.4. The third-order valence-electron chi connectivity index (χ3n) is 4.74. The molecule has 3 aromatic carbocycles. The van der Waals surface area contributed by atoms with Gasteiger partial charge in [-0.15, -0.1) is 0 Å². The summed E-state index contributed by atoms with van der Waals surface area (Å²) >= 11 is 0. The van der Waals surface area contributed by atoms with E-state index in [4.69, 9.17) is 11.5 Å². The van der Waals surface area contributed by atoms with Crippen molar-refractivity contribution in [3.8, 4) is 11.1 Å². The molecule has 2 amide bonds. The minimum atomic E-state index is -0.815. The maximum atomic E-state index is 15.1. The number of rotatable bonds is 3. The number of nitrogens with zero attached hydrogens (tertiary/aromatic N) is 2. The Hall–Kier alpha value is -3.94. The Morgan fingerprint density at radius 3 is 2.41 bits per heavy atom. The maximum absolute atomic E-state index is 15.1. The number of fused-ring (bicyclic) bond motifs is 1. The van der Waals surface area contributed by atoms with Crippen molar-refractivity contribution < 1.29 is 13.6 Å². The molecule has 0 atom stereocenters. The van der Waals surface area contributed by atoms with Gasteiger partial charge in [0.2, 0.25) is 0 Å². The van der Waals surface area contributed by atoms with Crippen LogP contribution in [0, 0.1) is 18.6 Å². The first-order valence-electron chi connectivity index (χ1n) is 8.75. The molecule has 6 nitrogen and oxygen atoms in total. The average molecular weight is 393 g/mol. The van der Waals surface area contributed by atoms with Crippen molar-refractivity contribution in [3.63, 3.8) is 0 Å². The highest BCUT2D eigenvalue weighted by molar-refractivity contribution is 6.02. The number of nitrogens with two attached hydrogens (primary N) is 2. The summed E-state index contributed by atoms with van der Waals surface area (Å²) in [5.41, 5.74) is 13.9. The highest BCUT2D eigenvalue weighted by Crippen LogP contribution is 2.35. The molecule has 4 rings (SSSR count). The lowest BCUT2D eigenvalue weighted by molar-refractivity contribution is 0.256. The van der Waals surface area contributed by atoms with E-state index in [1.807, 2.05) is 0 Å². The highest BCUT2D eigenvalue weighted by Gasteiger charge is 2.19. The number of urea groups is 1. The van der Waals surface area contributed by atoms with Crippen LogP contribution in [-0.2, 0) is 0 Å². The number of benzene rings is 3. The maximum Gasteiger partial charge on any atom is 0.323 e. The van der Waals surface area contributed by atoms with Gasteiger partial charge >= 0.3 is 6.03 Å². The molecule has 146 valence electrons. The molecule has 0 aliphatic heterocycles. The molecule has 0 saturated carbocycles. The number of aromatic nitrogens is 2. The summed E-state index contributed by atoms with van der Waals surface area (Å²) in [5, 5.41) is 7.37. The van der Waals surface area contributed by atoms with Crippen LogP contribution in [0.3, 0.4) is 0 Å². The summed E-state index contributed by atoms with van der Waals surface area (Å²) in [6.07, 6.45) is 0. The minimum Gasteiger partial charge on any atom is -0.382 e. The van der Waals surface area contributed by atoms with Gasteiger partial charge in [0, 0.05) is 5.56 Å². The molecule has 0 aliphatic carbocycles. The van der Waals surface area contributed by atoms with Crippen LogP contribution in [0.1, 0.15) is 5.56 Å². The molecule has 0 saturated heterocycles. The molecule has 0 fully saturated rings. The third kappa shape index (κ3) is 3.14. The number of nitrogens with one attached hydrogen (secondary N) is 1. The van der Waals surface area contributed by atoms with Crippen molar-refractivity contribution >= 4 is 34.1 Å². The molecule has 5 N–H and O–H groups in total. The van der Waals surface area contributed by atoms with Crippen LogP contribution in [0.2, 0.25) is 0 Å². The topological polar surface area (TPSA) is 101 Å². The molecule has 4 aromatic rings. The molecule has 0 spiro atoms.